The first kappa shape index (κ1) is 15.2. The summed E-state index contributed by atoms with van der Waals surface area (Å²) >= 11 is 0. The van der Waals surface area contributed by atoms with Crippen LogP contribution in [0.5, 0.6) is 11.5 Å². The zero-order chi connectivity index (χ0) is 15.4. The lowest BCUT2D eigenvalue weighted by molar-refractivity contribution is 0.0934. The molecule has 0 aliphatic rings. The Morgan fingerprint density at radius 1 is 1.29 bits per heavy atom. The quantitative estimate of drug-likeness (QED) is 0.859. The van der Waals surface area contributed by atoms with Crippen LogP contribution in [0.15, 0.2) is 18.2 Å². The molecule has 0 spiro atoms. The molecule has 0 saturated carbocycles. The molecule has 2 aromatic rings. The molecule has 0 bridgehead atoms. The summed E-state index contributed by atoms with van der Waals surface area (Å²) in [5.74, 6) is 1.25. The molecule has 114 valence electrons. The van der Waals surface area contributed by atoms with Crippen molar-refractivity contribution in [1.82, 2.24) is 10.3 Å². The summed E-state index contributed by atoms with van der Waals surface area (Å²) in [5, 5.41) is 3.87. The Balaban J connectivity index is 2.31. The van der Waals surface area contributed by atoms with Gasteiger partial charge in [0.1, 0.15) is 17.2 Å². The predicted molar refractivity (Wildman–Crippen MR) is 83.2 cm³/mol. The van der Waals surface area contributed by atoms with Crippen LogP contribution in [0.25, 0.3) is 10.9 Å². The number of hydrogen-bond acceptors (Lipinski definition) is 3. The summed E-state index contributed by atoms with van der Waals surface area (Å²) in [6, 6.07) is 5.64. The highest BCUT2D eigenvalue weighted by molar-refractivity contribution is 6.00. The van der Waals surface area contributed by atoms with Gasteiger partial charge in [-0.15, -0.1) is 0 Å². The molecule has 0 unspecified atom stereocenters. The number of H-pyrrole nitrogens is 1. The van der Waals surface area contributed by atoms with Gasteiger partial charge >= 0.3 is 0 Å². The third kappa shape index (κ3) is 3.29. The highest BCUT2D eigenvalue weighted by Gasteiger charge is 2.15. The van der Waals surface area contributed by atoms with Crippen molar-refractivity contribution >= 4 is 16.8 Å². The predicted octanol–water partition coefficient (Wildman–Crippen LogP) is 3.10. The number of methoxy groups -OCH3 is 2. The Kier molecular flexibility index (Phi) is 4.73. The van der Waals surface area contributed by atoms with Gasteiger partial charge in [0.2, 0.25) is 0 Å². The topological polar surface area (TPSA) is 63.4 Å². The number of hydrogen-bond donors (Lipinski definition) is 2. The second-order valence-electron chi connectivity index (χ2n) is 5.14. The van der Waals surface area contributed by atoms with Crippen molar-refractivity contribution in [2.45, 2.75) is 32.7 Å². The van der Waals surface area contributed by atoms with E-state index in [4.69, 9.17) is 9.47 Å². The third-order valence-corrected chi connectivity index (χ3v) is 3.47. The number of benzene rings is 1. The summed E-state index contributed by atoms with van der Waals surface area (Å²) in [6.45, 7) is 4.11. The number of amides is 1. The summed E-state index contributed by atoms with van der Waals surface area (Å²) in [5.41, 5.74) is 1.33. The van der Waals surface area contributed by atoms with E-state index in [-0.39, 0.29) is 11.9 Å². The number of carbonyl (C=O) groups is 1. The van der Waals surface area contributed by atoms with E-state index >= 15 is 0 Å². The number of aromatic amines is 1. The molecule has 0 radical (unpaired) electrons. The van der Waals surface area contributed by atoms with Crippen molar-refractivity contribution in [3.05, 3.63) is 23.9 Å². The standard InChI is InChI=1S/C16H22N2O3/c1-5-6-10(2)17-16(19)13-8-11-7-12(20-3)9-14(21-4)15(11)18-13/h7-10,18H,5-6H2,1-4H3,(H,17,19)/t10-/m1/s1. The van der Waals surface area contributed by atoms with Crippen molar-refractivity contribution in [1.29, 1.82) is 0 Å². The van der Waals surface area contributed by atoms with Gasteiger partial charge < -0.3 is 19.8 Å². The second-order valence-corrected chi connectivity index (χ2v) is 5.14. The molecule has 0 aliphatic heterocycles. The molecule has 21 heavy (non-hydrogen) atoms. The van der Waals surface area contributed by atoms with Crippen molar-refractivity contribution < 1.29 is 14.3 Å². The minimum atomic E-state index is -0.104. The van der Waals surface area contributed by atoms with E-state index in [9.17, 15) is 4.79 Å². The lowest BCUT2D eigenvalue weighted by Gasteiger charge is -2.11. The molecule has 0 fully saturated rings. The maximum absolute atomic E-state index is 12.2. The van der Waals surface area contributed by atoms with E-state index in [1.54, 1.807) is 20.3 Å². The van der Waals surface area contributed by atoms with Crippen molar-refractivity contribution in [2.75, 3.05) is 14.2 Å². The summed E-state index contributed by atoms with van der Waals surface area (Å²) < 4.78 is 10.6. The van der Waals surface area contributed by atoms with Crippen molar-refractivity contribution in [3.63, 3.8) is 0 Å². The fraction of sp³-hybridized carbons (Fsp3) is 0.438. The van der Waals surface area contributed by atoms with E-state index in [2.05, 4.69) is 17.2 Å². The molecule has 1 aromatic carbocycles. The minimum absolute atomic E-state index is 0.104. The van der Waals surface area contributed by atoms with Gasteiger partial charge in [-0.3, -0.25) is 4.79 Å². The van der Waals surface area contributed by atoms with Gasteiger partial charge in [-0.1, -0.05) is 13.3 Å². The number of fused-ring (bicyclic) bond motifs is 1. The average Bonchev–Trinajstić information content (AvgIpc) is 2.90. The van der Waals surface area contributed by atoms with Crippen LogP contribution < -0.4 is 14.8 Å². The third-order valence-electron chi connectivity index (χ3n) is 3.47. The molecule has 1 amide bonds. The molecule has 1 atom stereocenters. The van der Waals surface area contributed by atoms with E-state index < -0.39 is 0 Å². The van der Waals surface area contributed by atoms with Gasteiger partial charge in [-0.2, -0.15) is 0 Å². The summed E-state index contributed by atoms with van der Waals surface area (Å²) in [6.07, 6.45) is 2.00. The molecule has 1 aromatic heterocycles. The van der Waals surface area contributed by atoms with Crippen LogP contribution in [0, 0.1) is 0 Å². The maximum Gasteiger partial charge on any atom is 0.267 e. The highest BCUT2D eigenvalue weighted by Crippen LogP contribution is 2.31. The van der Waals surface area contributed by atoms with Crippen LogP contribution in [0.1, 0.15) is 37.2 Å². The normalized spacial score (nSPS) is 12.2. The summed E-state index contributed by atoms with van der Waals surface area (Å²) in [7, 11) is 3.20. The lowest BCUT2D eigenvalue weighted by Crippen LogP contribution is -2.32. The Hall–Kier alpha value is -2.17. The maximum atomic E-state index is 12.2. The van der Waals surface area contributed by atoms with Gasteiger partial charge in [0, 0.05) is 17.5 Å². The Labute approximate surface area is 124 Å². The first-order chi connectivity index (χ1) is 10.1. The minimum Gasteiger partial charge on any atom is -0.497 e. The molecular weight excluding hydrogens is 268 g/mol. The van der Waals surface area contributed by atoms with E-state index in [0.717, 1.165) is 23.7 Å². The van der Waals surface area contributed by atoms with Crippen LogP contribution in [-0.4, -0.2) is 31.2 Å². The molecular formula is C16H22N2O3. The van der Waals surface area contributed by atoms with E-state index in [1.807, 2.05) is 19.1 Å². The van der Waals surface area contributed by atoms with Crippen LogP contribution >= 0.6 is 0 Å². The highest BCUT2D eigenvalue weighted by atomic mass is 16.5. The molecule has 1 heterocycles. The molecule has 0 saturated heterocycles. The lowest BCUT2D eigenvalue weighted by atomic mass is 10.2. The summed E-state index contributed by atoms with van der Waals surface area (Å²) in [4.78, 5) is 15.4. The van der Waals surface area contributed by atoms with Crippen molar-refractivity contribution in [3.8, 4) is 11.5 Å². The number of ether oxygens (including phenoxy) is 2. The number of rotatable bonds is 6. The number of carbonyl (C=O) groups excluding carboxylic acids is 1. The Morgan fingerprint density at radius 2 is 2.05 bits per heavy atom. The van der Waals surface area contributed by atoms with Gasteiger partial charge in [0.25, 0.3) is 5.91 Å². The zero-order valence-electron chi connectivity index (χ0n) is 12.9. The Morgan fingerprint density at radius 3 is 2.67 bits per heavy atom. The molecule has 2 N–H and O–H groups in total. The first-order valence-corrected chi connectivity index (χ1v) is 7.14. The van der Waals surface area contributed by atoms with Crippen LogP contribution in [0.4, 0.5) is 0 Å². The van der Waals surface area contributed by atoms with Gasteiger partial charge in [-0.25, -0.2) is 0 Å². The monoisotopic (exact) mass is 290 g/mol. The molecule has 5 nitrogen and oxygen atoms in total. The van der Waals surface area contributed by atoms with Crippen LogP contribution in [0.2, 0.25) is 0 Å². The first-order valence-electron chi connectivity index (χ1n) is 7.14. The van der Waals surface area contributed by atoms with Crippen LogP contribution in [-0.2, 0) is 0 Å². The van der Waals surface area contributed by atoms with Gasteiger partial charge in [0.15, 0.2) is 0 Å². The zero-order valence-corrected chi connectivity index (χ0v) is 12.9. The Bertz CT molecular complexity index is 634. The number of aromatic nitrogens is 1. The molecule has 2 rings (SSSR count). The molecule has 5 heteroatoms. The number of nitrogens with one attached hydrogen (secondary N) is 2. The van der Waals surface area contributed by atoms with E-state index in [0.29, 0.717) is 17.2 Å². The largest absolute Gasteiger partial charge is 0.497 e. The van der Waals surface area contributed by atoms with Gasteiger partial charge in [0.05, 0.1) is 19.7 Å². The smallest absolute Gasteiger partial charge is 0.267 e. The van der Waals surface area contributed by atoms with Crippen molar-refractivity contribution in [2.24, 2.45) is 0 Å². The van der Waals surface area contributed by atoms with E-state index in [1.165, 1.54) is 0 Å². The SMILES string of the molecule is CCC[C@@H](C)NC(=O)c1cc2cc(OC)cc(OC)c2[nH]1. The fourth-order valence-electron chi connectivity index (χ4n) is 2.39. The van der Waals surface area contributed by atoms with Crippen LogP contribution in [0.3, 0.4) is 0 Å². The average molecular weight is 290 g/mol. The van der Waals surface area contributed by atoms with Gasteiger partial charge in [-0.05, 0) is 25.5 Å². The second kappa shape index (κ2) is 6.52. The molecule has 0 aliphatic carbocycles. The fourth-order valence-corrected chi connectivity index (χ4v) is 2.39.